The number of sulfone groups is 1. The third-order valence-electron chi connectivity index (χ3n) is 4.89. The van der Waals surface area contributed by atoms with Gasteiger partial charge in [-0.3, -0.25) is 4.79 Å². The fraction of sp³-hybridized carbons (Fsp3) is 0.400. The summed E-state index contributed by atoms with van der Waals surface area (Å²) in [6, 6.07) is 6.59. The Hall–Kier alpha value is -2.41. The Bertz CT molecular complexity index is 1030. The van der Waals surface area contributed by atoms with Crippen molar-refractivity contribution in [2.75, 3.05) is 12.9 Å². The normalized spacial score (nSPS) is 14.2. The Morgan fingerprint density at radius 1 is 1.11 bits per heavy atom. The van der Waals surface area contributed by atoms with Gasteiger partial charge in [-0.25, -0.2) is 13.2 Å². The topological polar surface area (TPSA) is 82.4 Å². The van der Waals surface area contributed by atoms with E-state index < -0.39 is 15.8 Å². The van der Waals surface area contributed by atoms with Crippen LogP contribution >= 0.6 is 0 Å². The molecule has 0 unspecified atom stereocenters. The van der Waals surface area contributed by atoms with Gasteiger partial charge >= 0.3 is 5.97 Å². The Balaban J connectivity index is 1.75. The molecule has 1 aromatic heterocycles. The molecule has 0 amide bonds. The van der Waals surface area contributed by atoms with Crippen molar-refractivity contribution in [2.45, 2.75) is 44.6 Å². The number of hydrogen-bond donors (Lipinski definition) is 0. The minimum Gasteiger partial charge on any atom is -0.454 e. The number of aromatic nitrogens is 1. The highest BCUT2D eigenvalue weighted by atomic mass is 32.2. The lowest BCUT2D eigenvalue weighted by molar-refractivity contribution is 0.0473. The van der Waals surface area contributed by atoms with E-state index in [-0.39, 0.29) is 22.8 Å². The van der Waals surface area contributed by atoms with Gasteiger partial charge in [0.2, 0.25) is 5.78 Å². The van der Waals surface area contributed by atoms with Gasteiger partial charge in [-0.05, 0) is 57.4 Å². The number of esters is 1. The Kier molecular flexibility index (Phi) is 4.99. The number of rotatable bonds is 6. The summed E-state index contributed by atoms with van der Waals surface area (Å²) in [4.78, 5) is 25.0. The van der Waals surface area contributed by atoms with Crippen LogP contribution in [0.2, 0.25) is 0 Å². The van der Waals surface area contributed by atoms with Crippen LogP contribution in [0.25, 0.3) is 0 Å². The van der Waals surface area contributed by atoms with E-state index in [1.165, 1.54) is 12.1 Å². The van der Waals surface area contributed by atoms with Crippen molar-refractivity contribution in [3.05, 3.63) is 52.3 Å². The van der Waals surface area contributed by atoms with Gasteiger partial charge in [0.1, 0.15) is 0 Å². The van der Waals surface area contributed by atoms with Crippen LogP contribution in [-0.2, 0) is 14.6 Å². The lowest BCUT2D eigenvalue weighted by Crippen LogP contribution is -2.16. The van der Waals surface area contributed by atoms with Crippen molar-refractivity contribution >= 4 is 21.6 Å². The molecule has 1 heterocycles. The van der Waals surface area contributed by atoms with Crippen molar-refractivity contribution < 1.29 is 22.7 Å². The van der Waals surface area contributed by atoms with Crippen molar-refractivity contribution in [1.29, 1.82) is 0 Å². The molecule has 0 atom stereocenters. The maximum atomic E-state index is 12.5. The summed E-state index contributed by atoms with van der Waals surface area (Å²) < 4.78 is 30.7. The summed E-state index contributed by atoms with van der Waals surface area (Å²) in [5.41, 5.74) is 3.22. The highest BCUT2D eigenvalue weighted by molar-refractivity contribution is 7.90. The molecule has 0 bridgehead atoms. The van der Waals surface area contributed by atoms with E-state index in [0.29, 0.717) is 17.2 Å². The van der Waals surface area contributed by atoms with Crippen LogP contribution in [0.15, 0.2) is 29.2 Å². The molecule has 1 aliphatic carbocycles. The van der Waals surface area contributed by atoms with E-state index in [0.717, 1.165) is 30.5 Å². The molecule has 0 N–H and O–H groups in total. The largest absolute Gasteiger partial charge is 0.454 e. The summed E-state index contributed by atoms with van der Waals surface area (Å²) in [7, 11) is -3.44. The highest BCUT2D eigenvalue weighted by Crippen LogP contribution is 2.38. The van der Waals surface area contributed by atoms with Crippen molar-refractivity contribution in [3.8, 4) is 0 Å². The molecule has 1 aromatic carbocycles. The predicted molar refractivity (Wildman–Crippen MR) is 101 cm³/mol. The number of carbonyl (C=O) groups excluding carboxylic acids is 2. The molecule has 1 aliphatic rings. The number of ether oxygens (including phenoxy) is 1. The van der Waals surface area contributed by atoms with E-state index in [1.54, 1.807) is 13.0 Å². The van der Waals surface area contributed by atoms with Gasteiger partial charge in [-0.1, -0.05) is 6.07 Å². The van der Waals surface area contributed by atoms with Crippen molar-refractivity contribution in [3.63, 3.8) is 0 Å². The van der Waals surface area contributed by atoms with Crippen LogP contribution in [0.4, 0.5) is 0 Å². The Morgan fingerprint density at radius 3 is 2.37 bits per heavy atom. The molecule has 1 saturated carbocycles. The molecule has 0 saturated heterocycles. The summed E-state index contributed by atoms with van der Waals surface area (Å²) >= 11 is 0. The quantitative estimate of drug-likeness (QED) is 0.560. The van der Waals surface area contributed by atoms with Crippen molar-refractivity contribution in [1.82, 2.24) is 4.57 Å². The van der Waals surface area contributed by atoms with Crippen LogP contribution in [0.1, 0.15) is 56.6 Å². The number of carbonyl (C=O) groups is 2. The predicted octanol–water partition coefficient (Wildman–Crippen LogP) is 3.19. The first kappa shape index (κ1) is 19.4. The molecular formula is C20H23NO5S. The summed E-state index contributed by atoms with van der Waals surface area (Å²) in [6.07, 6.45) is 3.32. The lowest BCUT2D eigenvalue weighted by atomic mass is 10.1. The maximum absolute atomic E-state index is 12.5. The summed E-state index contributed by atoms with van der Waals surface area (Å²) in [5, 5.41) is 0. The highest BCUT2D eigenvalue weighted by Gasteiger charge is 2.28. The van der Waals surface area contributed by atoms with Crippen LogP contribution in [0.5, 0.6) is 0 Å². The fourth-order valence-corrected chi connectivity index (χ4v) is 3.94. The lowest BCUT2D eigenvalue weighted by Gasteiger charge is -2.09. The molecule has 1 fully saturated rings. The van der Waals surface area contributed by atoms with Gasteiger partial charge in [-0.2, -0.15) is 0 Å². The first-order chi connectivity index (χ1) is 12.6. The molecule has 0 spiro atoms. The van der Waals surface area contributed by atoms with E-state index >= 15 is 0 Å². The number of hydrogen-bond acceptors (Lipinski definition) is 5. The second kappa shape index (κ2) is 6.96. The van der Waals surface area contributed by atoms with E-state index in [1.807, 2.05) is 19.9 Å². The van der Waals surface area contributed by atoms with Crippen LogP contribution in [0, 0.1) is 20.8 Å². The van der Waals surface area contributed by atoms with Crippen LogP contribution in [0.3, 0.4) is 0 Å². The number of aryl methyl sites for hydroxylation is 2. The van der Waals surface area contributed by atoms with Gasteiger partial charge in [0.25, 0.3) is 0 Å². The summed E-state index contributed by atoms with van der Waals surface area (Å²) in [6.45, 7) is 5.18. The first-order valence-electron chi connectivity index (χ1n) is 8.79. The monoisotopic (exact) mass is 389 g/mol. The minimum absolute atomic E-state index is 0.0411. The third kappa shape index (κ3) is 3.98. The van der Waals surface area contributed by atoms with E-state index in [9.17, 15) is 18.0 Å². The molecule has 27 heavy (non-hydrogen) atoms. The van der Waals surface area contributed by atoms with E-state index in [2.05, 4.69) is 4.57 Å². The second-order valence-electron chi connectivity index (χ2n) is 7.13. The van der Waals surface area contributed by atoms with E-state index in [4.69, 9.17) is 4.74 Å². The average Bonchev–Trinajstić information content (AvgIpc) is 3.37. The van der Waals surface area contributed by atoms with Gasteiger partial charge in [0, 0.05) is 29.2 Å². The van der Waals surface area contributed by atoms with Crippen molar-refractivity contribution in [2.24, 2.45) is 0 Å². The minimum atomic E-state index is -3.44. The molecule has 144 valence electrons. The zero-order chi connectivity index (χ0) is 19.9. The smallest absolute Gasteiger partial charge is 0.338 e. The number of benzene rings is 1. The third-order valence-corrected chi connectivity index (χ3v) is 6.00. The number of nitrogens with zero attached hydrogens (tertiary/aromatic N) is 1. The van der Waals surface area contributed by atoms with Gasteiger partial charge < -0.3 is 9.30 Å². The first-order valence-corrected chi connectivity index (χ1v) is 10.7. The molecular weight excluding hydrogens is 366 g/mol. The SMILES string of the molecule is Cc1ccc(S(C)(=O)=O)cc1C(=O)OCC(=O)c1cc(C)n(C2CC2)c1C. The number of Topliss-reactive ketones (excluding diaryl/α,β-unsaturated/α-hetero) is 1. The zero-order valence-electron chi connectivity index (χ0n) is 15.9. The fourth-order valence-electron chi connectivity index (χ4n) is 3.29. The Labute approximate surface area is 159 Å². The molecule has 6 nitrogen and oxygen atoms in total. The van der Waals surface area contributed by atoms with Crippen LogP contribution < -0.4 is 0 Å². The standard InChI is InChI=1S/C20H23NO5S/c1-12-5-8-16(27(4,24)25)10-17(12)20(23)26-11-19(22)18-9-13(2)21(14(18)3)15-6-7-15/h5,8-10,15H,6-7,11H2,1-4H3. The zero-order valence-corrected chi connectivity index (χ0v) is 16.7. The van der Waals surface area contributed by atoms with Gasteiger partial charge in [-0.15, -0.1) is 0 Å². The van der Waals surface area contributed by atoms with Gasteiger partial charge in [0.15, 0.2) is 16.4 Å². The average molecular weight is 389 g/mol. The van der Waals surface area contributed by atoms with Crippen LogP contribution in [-0.4, -0.2) is 37.6 Å². The second-order valence-corrected chi connectivity index (χ2v) is 9.15. The molecule has 2 aromatic rings. The Morgan fingerprint density at radius 2 is 1.78 bits per heavy atom. The molecule has 0 aliphatic heterocycles. The van der Waals surface area contributed by atoms with Gasteiger partial charge in [0.05, 0.1) is 10.5 Å². The number of ketones is 1. The molecule has 7 heteroatoms. The molecule has 0 radical (unpaired) electrons. The maximum Gasteiger partial charge on any atom is 0.338 e. The molecule has 3 rings (SSSR count). The summed E-state index contributed by atoms with van der Waals surface area (Å²) in [5.74, 6) is -0.970.